The van der Waals surface area contributed by atoms with Crippen LogP contribution in [0.3, 0.4) is 0 Å². The Hall–Kier alpha value is -2.25. The minimum absolute atomic E-state index is 0.0294. The fourth-order valence-corrected chi connectivity index (χ4v) is 4.90. The third kappa shape index (κ3) is 5.46. The zero-order chi connectivity index (χ0) is 20.8. The highest BCUT2D eigenvalue weighted by atomic mass is 32.1. The van der Waals surface area contributed by atoms with Crippen molar-refractivity contribution in [1.82, 2.24) is 10.2 Å². The lowest BCUT2D eigenvalue weighted by Crippen LogP contribution is -2.50. The van der Waals surface area contributed by atoms with Gasteiger partial charge in [-0.25, -0.2) is 4.79 Å². The molecule has 1 aromatic heterocycles. The number of piperidine rings is 1. The Morgan fingerprint density at radius 1 is 1.23 bits per heavy atom. The first kappa shape index (κ1) is 21.0. The van der Waals surface area contributed by atoms with Crippen LogP contribution in [0.4, 0.5) is 10.5 Å². The molecule has 162 valence electrons. The molecule has 2 amide bonds. The van der Waals surface area contributed by atoms with Crippen molar-refractivity contribution in [3.63, 3.8) is 0 Å². The molecule has 1 N–H and O–H groups in total. The third-order valence-corrected chi connectivity index (χ3v) is 6.78. The van der Waals surface area contributed by atoms with Crippen molar-refractivity contribution < 1.29 is 14.3 Å². The molecule has 2 aliphatic heterocycles. The van der Waals surface area contributed by atoms with Crippen LogP contribution in [0.2, 0.25) is 0 Å². The van der Waals surface area contributed by atoms with Gasteiger partial charge in [-0.1, -0.05) is 6.07 Å². The van der Waals surface area contributed by atoms with Crippen molar-refractivity contribution in [2.45, 2.75) is 44.4 Å². The standard InChI is InChI=1S/C23H31N3O3S/c1-28-20-8-6-19(7-9-20)25-12-10-18(11-13-25)24-23(27)26(16-21-4-2-14-29-21)17-22-5-3-15-30-22/h3,5-9,15,18,21H,2,4,10-14,16-17H2,1H3,(H,24,27). The van der Waals surface area contributed by atoms with Crippen molar-refractivity contribution in [1.29, 1.82) is 0 Å². The lowest BCUT2D eigenvalue weighted by Gasteiger charge is -2.35. The van der Waals surface area contributed by atoms with Gasteiger partial charge in [-0.3, -0.25) is 0 Å². The van der Waals surface area contributed by atoms with Crippen LogP contribution in [-0.2, 0) is 11.3 Å². The van der Waals surface area contributed by atoms with E-state index >= 15 is 0 Å². The Kier molecular flexibility index (Phi) is 7.12. The second-order valence-electron chi connectivity index (χ2n) is 8.00. The number of methoxy groups -OCH3 is 1. The largest absolute Gasteiger partial charge is 0.497 e. The van der Waals surface area contributed by atoms with Crippen LogP contribution < -0.4 is 15.0 Å². The maximum absolute atomic E-state index is 13.1. The monoisotopic (exact) mass is 429 g/mol. The molecule has 0 spiro atoms. The Morgan fingerprint density at radius 2 is 2.03 bits per heavy atom. The molecular formula is C23H31N3O3S. The van der Waals surface area contributed by atoms with Gasteiger partial charge in [0.15, 0.2) is 0 Å². The van der Waals surface area contributed by atoms with Gasteiger partial charge in [0.05, 0.1) is 19.8 Å². The maximum Gasteiger partial charge on any atom is 0.318 e. The summed E-state index contributed by atoms with van der Waals surface area (Å²) in [5, 5.41) is 5.35. The first-order chi connectivity index (χ1) is 14.7. The molecule has 2 aromatic rings. The quantitative estimate of drug-likeness (QED) is 0.720. The van der Waals surface area contributed by atoms with Crippen LogP contribution >= 0.6 is 11.3 Å². The van der Waals surface area contributed by atoms with Crippen LogP contribution in [0.15, 0.2) is 41.8 Å². The molecular weight excluding hydrogens is 398 g/mol. The van der Waals surface area contributed by atoms with Gasteiger partial charge < -0.3 is 24.6 Å². The molecule has 1 unspecified atom stereocenters. The summed E-state index contributed by atoms with van der Waals surface area (Å²) in [5.74, 6) is 0.873. The summed E-state index contributed by atoms with van der Waals surface area (Å²) in [6.07, 6.45) is 4.18. The maximum atomic E-state index is 13.1. The van der Waals surface area contributed by atoms with Gasteiger partial charge in [-0.15, -0.1) is 11.3 Å². The molecule has 2 saturated heterocycles. The predicted molar refractivity (Wildman–Crippen MR) is 120 cm³/mol. The van der Waals surface area contributed by atoms with Crippen molar-refractivity contribution in [3.8, 4) is 5.75 Å². The third-order valence-electron chi connectivity index (χ3n) is 5.92. The van der Waals surface area contributed by atoms with E-state index in [0.29, 0.717) is 13.1 Å². The molecule has 1 atom stereocenters. The van der Waals surface area contributed by atoms with E-state index in [-0.39, 0.29) is 18.2 Å². The average molecular weight is 430 g/mol. The zero-order valence-corrected chi connectivity index (χ0v) is 18.4. The number of rotatable bonds is 7. The second-order valence-corrected chi connectivity index (χ2v) is 9.04. The highest BCUT2D eigenvalue weighted by molar-refractivity contribution is 7.09. The summed E-state index contributed by atoms with van der Waals surface area (Å²) in [7, 11) is 1.68. The number of benzene rings is 1. The SMILES string of the molecule is COc1ccc(N2CCC(NC(=O)N(Cc3cccs3)CC3CCCO3)CC2)cc1. The van der Waals surface area contributed by atoms with Gasteiger partial charge in [0.1, 0.15) is 5.75 Å². The summed E-state index contributed by atoms with van der Waals surface area (Å²) in [4.78, 5) is 18.6. The minimum atomic E-state index is 0.0294. The van der Waals surface area contributed by atoms with Crippen LogP contribution in [0.1, 0.15) is 30.6 Å². The summed E-state index contributed by atoms with van der Waals surface area (Å²) in [6.45, 7) is 3.99. The van der Waals surface area contributed by atoms with E-state index in [2.05, 4.69) is 33.8 Å². The van der Waals surface area contributed by atoms with E-state index in [1.165, 1.54) is 10.6 Å². The number of hydrogen-bond acceptors (Lipinski definition) is 5. The Balaban J connectivity index is 1.30. The van der Waals surface area contributed by atoms with Gasteiger partial charge in [-0.2, -0.15) is 0 Å². The van der Waals surface area contributed by atoms with Crippen molar-refractivity contribution in [2.75, 3.05) is 38.3 Å². The zero-order valence-electron chi connectivity index (χ0n) is 17.6. The van der Waals surface area contributed by atoms with Crippen LogP contribution in [0, 0.1) is 0 Å². The van der Waals surface area contributed by atoms with Gasteiger partial charge in [-0.05, 0) is 61.4 Å². The average Bonchev–Trinajstić information content (AvgIpc) is 3.48. The van der Waals surface area contributed by atoms with E-state index in [4.69, 9.17) is 9.47 Å². The number of anilines is 1. The predicted octanol–water partition coefficient (Wildman–Crippen LogP) is 4.12. The number of hydrogen-bond donors (Lipinski definition) is 1. The lowest BCUT2D eigenvalue weighted by molar-refractivity contribution is 0.0789. The van der Waals surface area contributed by atoms with Gasteiger partial charge >= 0.3 is 6.03 Å². The van der Waals surface area contributed by atoms with E-state index < -0.39 is 0 Å². The van der Waals surface area contributed by atoms with Crippen LogP contribution in [-0.4, -0.2) is 56.4 Å². The molecule has 30 heavy (non-hydrogen) atoms. The van der Waals surface area contributed by atoms with Gasteiger partial charge in [0, 0.05) is 42.8 Å². The van der Waals surface area contributed by atoms with Gasteiger partial charge in [0.2, 0.25) is 0 Å². The van der Waals surface area contributed by atoms with Crippen molar-refractivity contribution in [3.05, 3.63) is 46.7 Å². The molecule has 0 radical (unpaired) electrons. The summed E-state index contributed by atoms with van der Waals surface area (Å²) < 4.78 is 11.0. The Bertz CT molecular complexity index is 783. The fourth-order valence-electron chi connectivity index (χ4n) is 4.19. The molecule has 2 aliphatic rings. The number of nitrogens with one attached hydrogen (secondary N) is 1. The fraction of sp³-hybridized carbons (Fsp3) is 0.522. The first-order valence-corrected chi connectivity index (χ1v) is 11.7. The van der Waals surface area contributed by atoms with Crippen molar-refractivity contribution >= 4 is 23.1 Å². The molecule has 4 rings (SSSR count). The highest BCUT2D eigenvalue weighted by Gasteiger charge is 2.26. The minimum Gasteiger partial charge on any atom is -0.497 e. The second kappa shape index (κ2) is 10.2. The summed E-state index contributed by atoms with van der Waals surface area (Å²) in [5.41, 5.74) is 1.21. The van der Waals surface area contributed by atoms with E-state index in [0.717, 1.165) is 51.1 Å². The smallest absolute Gasteiger partial charge is 0.318 e. The highest BCUT2D eigenvalue weighted by Crippen LogP contribution is 2.23. The molecule has 7 heteroatoms. The lowest BCUT2D eigenvalue weighted by atomic mass is 10.0. The van der Waals surface area contributed by atoms with Crippen LogP contribution in [0.25, 0.3) is 0 Å². The summed E-state index contributed by atoms with van der Waals surface area (Å²) >= 11 is 1.70. The summed E-state index contributed by atoms with van der Waals surface area (Å²) in [6, 6.07) is 12.6. The number of thiophene rings is 1. The van der Waals surface area contributed by atoms with Crippen LogP contribution in [0.5, 0.6) is 5.75 Å². The Labute approximate surface area is 182 Å². The number of nitrogens with zero attached hydrogens (tertiary/aromatic N) is 2. The topological polar surface area (TPSA) is 54.0 Å². The molecule has 0 bridgehead atoms. The van der Waals surface area contributed by atoms with Crippen molar-refractivity contribution in [2.24, 2.45) is 0 Å². The molecule has 2 fully saturated rings. The Morgan fingerprint density at radius 3 is 2.67 bits per heavy atom. The molecule has 3 heterocycles. The first-order valence-electron chi connectivity index (χ1n) is 10.8. The number of carbonyl (C=O) groups excluding carboxylic acids is 1. The number of ether oxygens (including phenoxy) is 2. The van der Waals surface area contributed by atoms with Gasteiger partial charge in [0.25, 0.3) is 0 Å². The number of urea groups is 1. The van der Waals surface area contributed by atoms with E-state index in [1.807, 2.05) is 23.1 Å². The molecule has 0 saturated carbocycles. The number of carbonyl (C=O) groups is 1. The van der Waals surface area contributed by atoms with E-state index in [1.54, 1.807) is 18.4 Å². The normalized spacial score (nSPS) is 19.6. The molecule has 0 aliphatic carbocycles. The van der Waals surface area contributed by atoms with E-state index in [9.17, 15) is 4.79 Å². The number of amides is 2. The molecule has 6 nitrogen and oxygen atoms in total. The molecule has 1 aromatic carbocycles.